The Bertz CT molecular complexity index is 675. The SMILES string of the molecule is COc1cc(NC(=O)Nc2ccc(Cl)cc2)c(OC)cc1Cl. The number of halogens is 2. The van der Waals surface area contributed by atoms with Crippen LogP contribution < -0.4 is 20.1 Å². The Balaban J connectivity index is 2.15. The normalized spacial score (nSPS) is 10.0. The second-order valence-corrected chi connectivity index (χ2v) is 5.12. The Hall–Kier alpha value is -2.11. The van der Waals surface area contributed by atoms with Crippen LogP contribution in [0.15, 0.2) is 36.4 Å². The van der Waals surface area contributed by atoms with Crippen molar-refractivity contribution in [3.63, 3.8) is 0 Å². The molecule has 0 unspecified atom stereocenters. The summed E-state index contributed by atoms with van der Waals surface area (Å²) in [6.45, 7) is 0. The number of anilines is 2. The number of hydrogen-bond donors (Lipinski definition) is 2. The van der Waals surface area contributed by atoms with Crippen LogP contribution in [0.25, 0.3) is 0 Å². The van der Waals surface area contributed by atoms with Gasteiger partial charge in [-0.2, -0.15) is 0 Å². The number of nitrogens with one attached hydrogen (secondary N) is 2. The van der Waals surface area contributed by atoms with Crippen LogP contribution in [0.3, 0.4) is 0 Å². The molecule has 0 aromatic heterocycles. The Kier molecular flexibility index (Phi) is 5.35. The largest absolute Gasteiger partial charge is 0.495 e. The van der Waals surface area contributed by atoms with E-state index < -0.39 is 6.03 Å². The first-order valence-electron chi connectivity index (χ1n) is 6.28. The van der Waals surface area contributed by atoms with E-state index in [-0.39, 0.29) is 0 Å². The van der Waals surface area contributed by atoms with Crippen LogP contribution in [0.2, 0.25) is 10.0 Å². The molecule has 5 nitrogen and oxygen atoms in total. The Labute approximate surface area is 138 Å². The lowest BCUT2D eigenvalue weighted by atomic mass is 10.2. The fourth-order valence-electron chi connectivity index (χ4n) is 1.78. The standard InChI is InChI=1S/C15H14Cl2N2O3/c1-21-13-8-12(14(22-2)7-11(13)17)19-15(20)18-10-5-3-9(16)4-6-10/h3-8H,1-2H3,(H2,18,19,20). The lowest BCUT2D eigenvalue weighted by molar-refractivity contribution is 0.262. The molecule has 116 valence electrons. The van der Waals surface area contributed by atoms with Crippen LogP contribution >= 0.6 is 23.2 Å². The molecule has 0 saturated carbocycles. The lowest BCUT2D eigenvalue weighted by Gasteiger charge is -2.13. The van der Waals surface area contributed by atoms with Crippen molar-refractivity contribution < 1.29 is 14.3 Å². The molecule has 7 heteroatoms. The Morgan fingerprint density at radius 2 is 1.59 bits per heavy atom. The van der Waals surface area contributed by atoms with E-state index in [2.05, 4.69) is 10.6 Å². The Morgan fingerprint density at radius 1 is 0.955 bits per heavy atom. The molecule has 2 N–H and O–H groups in total. The minimum Gasteiger partial charge on any atom is -0.495 e. The van der Waals surface area contributed by atoms with Crippen LogP contribution in [0.5, 0.6) is 11.5 Å². The van der Waals surface area contributed by atoms with Gasteiger partial charge in [0.15, 0.2) is 0 Å². The number of amides is 2. The average molecular weight is 341 g/mol. The third-order valence-electron chi connectivity index (χ3n) is 2.82. The molecule has 0 radical (unpaired) electrons. The predicted molar refractivity (Wildman–Crippen MR) is 88.6 cm³/mol. The average Bonchev–Trinajstić information content (AvgIpc) is 2.50. The van der Waals surface area contributed by atoms with Crippen LogP contribution in [0, 0.1) is 0 Å². The zero-order chi connectivity index (χ0) is 16.1. The molecule has 2 rings (SSSR count). The first-order valence-corrected chi connectivity index (χ1v) is 7.04. The van der Waals surface area contributed by atoms with Crippen molar-refractivity contribution in [2.75, 3.05) is 24.9 Å². The second kappa shape index (κ2) is 7.24. The summed E-state index contributed by atoms with van der Waals surface area (Å²) in [5.74, 6) is 0.862. The molecule has 0 fully saturated rings. The molecular formula is C15H14Cl2N2O3. The molecule has 0 aliphatic rings. The van der Waals surface area contributed by atoms with Gasteiger partial charge in [0.05, 0.1) is 24.9 Å². The van der Waals surface area contributed by atoms with Crippen molar-refractivity contribution in [1.82, 2.24) is 0 Å². The van der Waals surface area contributed by atoms with Gasteiger partial charge in [-0.05, 0) is 24.3 Å². The number of carbonyl (C=O) groups excluding carboxylic acids is 1. The van der Waals surface area contributed by atoms with Gasteiger partial charge in [-0.3, -0.25) is 0 Å². The number of rotatable bonds is 4. The highest BCUT2D eigenvalue weighted by atomic mass is 35.5. The van der Waals surface area contributed by atoms with E-state index in [9.17, 15) is 4.79 Å². The fraction of sp³-hybridized carbons (Fsp3) is 0.133. The number of benzene rings is 2. The van der Waals surface area contributed by atoms with E-state index in [0.29, 0.717) is 32.9 Å². The van der Waals surface area contributed by atoms with E-state index in [1.807, 2.05) is 0 Å². The van der Waals surface area contributed by atoms with Gasteiger partial charge >= 0.3 is 6.03 Å². The number of hydrogen-bond acceptors (Lipinski definition) is 3. The molecule has 0 aliphatic carbocycles. The summed E-state index contributed by atoms with van der Waals surface area (Å²) in [6, 6.07) is 9.49. The molecule has 0 bridgehead atoms. The van der Waals surface area contributed by atoms with Gasteiger partial charge in [0, 0.05) is 22.8 Å². The molecule has 0 saturated heterocycles. The van der Waals surface area contributed by atoms with Crippen LogP contribution in [-0.4, -0.2) is 20.3 Å². The molecule has 0 atom stereocenters. The summed E-state index contributed by atoms with van der Waals surface area (Å²) < 4.78 is 10.3. The molecule has 2 aromatic carbocycles. The third-order valence-corrected chi connectivity index (χ3v) is 3.37. The summed E-state index contributed by atoms with van der Waals surface area (Å²) in [5, 5.41) is 6.35. The van der Waals surface area contributed by atoms with E-state index >= 15 is 0 Å². The molecule has 0 spiro atoms. The zero-order valence-corrected chi connectivity index (χ0v) is 13.5. The predicted octanol–water partition coefficient (Wildman–Crippen LogP) is 4.65. The second-order valence-electron chi connectivity index (χ2n) is 4.27. The molecular weight excluding hydrogens is 327 g/mol. The van der Waals surface area contributed by atoms with Gasteiger partial charge in [0.25, 0.3) is 0 Å². The van der Waals surface area contributed by atoms with Gasteiger partial charge in [0.1, 0.15) is 11.5 Å². The molecule has 2 aromatic rings. The van der Waals surface area contributed by atoms with Crippen molar-refractivity contribution in [3.05, 3.63) is 46.4 Å². The number of ether oxygens (including phenoxy) is 2. The number of methoxy groups -OCH3 is 2. The van der Waals surface area contributed by atoms with Gasteiger partial charge in [-0.25, -0.2) is 4.79 Å². The van der Waals surface area contributed by atoms with Crippen molar-refractivity contribution in [3.8, 4) is 11.5 Å². The van der Waals surface area contributed by atoms with Crippen molar-refractivity contribution in [1.29, 1.82) is 0 Å². The van der Waals surface area contributed by atoms with Gasteiger partial charge in [0.2, 0.25) is 0 Å². The van der Waals surface area contributed by atoms with Crippen LogP contribution in [0.4, 0.5) is 16.2 Å². The minimum atomic E-state index is -0.426. The molecule has 0 heterocycles. The summed E-state index contributed by atoms with van der Waals surface area (Å²) in [5.41, 5.74) is 1.05. The summed E-state index contributed by atoms with van der Waals surface area (Å²) in [4.78, 5) is 12.0. The van der Waals surface area contributed by atoms with Gasteiger partial charge in [-0.1, -0.05) is 23.2 Å². The third kappa shape index (κ3) is 3.96. The topological polar surface area (TPSA) is 59.6 Å². The van der Waals surface area contributed by atoms with Crippen LogP contribution in [0.1, 0.15) is 0 Å². The van der Waals surface area contributed by atoms with Gasteiger partial charge in [-0.15, -0.1) is 0 Å². The van der Waals surface area contributed by atoms with E-state index in [4.69, 9.17) is 32.7 Å². The van der Waals surface area contributed by atoms with Crippen molar-refractivity contribution in [2.24, 2.45) is 0 Å². The zero-order valence-electron chi connectivity index (χ0n) is 11.9. The van der Waals surface area contributed by atoms with E-state index in [1.165, 1.54) is 14.2 Å². The maximum Gasteiger partial charge on any atom is 0.323 e. The lowest BCUT2D eigenvalue weighted by Crippen LogP contribution is -2.19. The maximum absolute atomic E-state index is 12.0. The smallest absolute Gasteiger partial charge is 0.323 e. The fourth-order valence-corrected chi connectivity index (χ4v) is 2.13. The summed E-state index contributed by atoms with van der Waals surface area (Å²) >= 11 is 11.8. The first kappa shape index (κ1) is 16.3. The molecule has 0 aliphatic heterocycles. The maximum atomic E-state index is 12.0. The van der Waals surface area contributed by atoms with Gasteiger partial charge < -0.3 is 20.1 Å². The van der Waals surface area contributed by atoms with Crippen molar-refractivity contribution >= 4 is 40.6 Å². The quantitative estimate of drug-likeness (QED) is 0.851. The number of carbonyl (C=O) groups is 1. The highest BCUT2D eigenvalue weighted by Gasteiger charge is 2.12. The minimum absolute atomic E-state index is 0.392. The highest BCUT2D eigenvalue weighted by molar-refractivity contribution is 6.32. The summed E-state index contributed by atoms with van der Waals surface area (Å²) in [7, 11) is 2.98. The Morgan fingerprint density at radius 3 is 2.18 bits per heavy atom. The van der Waals surface area contributed by atoms with E-state index in [1.54, 1.807) is 36.4 Å². The highest BCUT2D eigenvalue weighted by Crippen LogP contribution is 2.35. The van der Waals surface area contributed by atoms with E-state index in [0.717, 1.165) is 0 Å². The first-order chi connectivity index (χ1) is 10.5. The van der Waals surface area contributed by atoms with Crippen molar-refractivity contribution in [2.45, 2.75) is 0 Å². The monoisotopic (exact) mass is 340 g/mol. The summed E-state index contributed by atoms with van der Waals surface area (Å²) in [6.07, 6.45) is 0. The molecule has 2 amide bonds. The van der Waals surface area contributed by atoms with Crippen LogP contribution in [-0.2, 0) is 0 Å². The molecule has 22 heavy (non-hydrogen) atoms. The number of urea groups is 1.